The van der Waals surface area contributed by atoms with Crippen LogP contribution in [0.4, 0.5) is 4.39 Å². The molecule has 2 amide bonds. The number of nitrogens with zero attached hydrogens (tertiary/aromatic N) is 4. The second kappa shape index (κ2) is 10.2. The van der Waals surface area contributed by atoms with E-state index in [9.17, 15) is 18.8 Å². The fourth-order valence-electron chi connectivity index (χ4n) is 4.22. The zero-order valence-electron chi connectivity index (χ0n) is 19.9. The van der Waals surface area contributed by atoms with Crippen molar-refractivity contribution in [1.29, 1.82) is 0 Å². The molecule has 0 radical (unpaired) electrons. The third kappa shape index (κ3) is 5.31. The highest BCUT2D eigenvalue weighted by atomic mass is 19.1. The molecule has 1 saturated heterocycles. The molecule has 0 aliphatic carbocycles. The molecule has 1 aliphatic heterocycles. The van der Waals surface area contributed by atoms with E-state index in [1.807, 2.05) is 42.5 Å². The third-order valence-electron chi connectivity index (χ3n) is 6.35. The van der Waals surface area contributed by atoms with Crippen molar-refractivity contribution in [3.63, 3.8) is 0 Å². The second-order valence-electron chi connectivity index (χ2n) is 9.10. The predicted octanol–water partition coefficient (Wildman–Crippen LogP) is 2.01. The summed E-state index contributed by atoms with van der Waals surface area (Å²) in [6.07, 6.45) is 0.153. The number of alkyl halides is 1. The van der Waals surface area contributed by atoms with Crippen LogP contribution >= 0.6 is 0 Å². The number of pyridine rings is 1. The zero-order valence-corrected chi connectivity index (χ0v) is 19.9. The Hall–Kier alpha value is -3.82. The van der Waals surface area contributed by atoms with E-state index in [-0.39, 0.29) is 25.2 Å². The Balaban J connectivity index is 1.56. The first kappa shape index (κ1) is 24.3. The summed E-state index contributed by atoms with van der Waals surface area (Å²) in [4.78, 5) is 43.8. The van der Waals surface area contributed by atoms with E-state index in [1.54, 1.807) is 6.20 Å². The Bertz CT molecular complexity index is 1240. The highest BCUT2D eigenvalue weighted by Crippen LogP contribution is 2.26. The summed E-state index contributed by atoms with van der Waals surface area (Å²) in [5.41, 5.74) is 2.10. The molecule has 2 N–H and O–H groups in total. The van der Waals surface area contributed by atoms with E-state index >= 15 is 0 Å². The van der Waals surface area contributed by atoms with Crippen LogP contribution in [0.5, 0.6) is 0 Å². The van der Waals surface area contributed by atoms with Gasteiger partial charge >= 0.3 is 5.69 Å². The van der Waals surface area contributed by atoms with Crippen molar-refractivity contribution in [3.05, 3.63) is 81.8 Å². The molecule has 1 aliphatic rings. The number of nitrogens with one attached hydrogen (secondary N) is 2. The number of hydrogen-bond donors (Lipinski definition) is 2. The molecule has 0 spiro atoms. The van der Waals surface area contributed by atoms with Gasteiger partial charge < -0.3 is 10.2 Å². The second-order valence-corrected chi connectivity index (χ2v) is 9.10. The van der Waals surface area contributed by atoms with Crippen molar-refractivity contribution < 1.29 is 14.0 Å². The van der Waals surface area contributed by atoms with Gasteiger partial charge in [0.1, 0.15) is 18.0 Å². The van der Waals surface area contributed by atoms with Crippen molar-refractivity contribution in [2.45, 2.75) is 50.9 Å². The number of benzene rings is 1. The molecule has 4 rings (SSSR count). The molecule has 3 atom stereocenters. The number of rotatable bonds is 7. The lowest BCUT2D eigenvalue weighted by Gasteiger charge is -2.26. The molecule has 0 saturated carbocycles. The van der Waals surface area contributed by atoms with Crippen molar-refractivity contribution in [3.8, 4) is 0 Å². The van der Waals surface area contributed by atoms with Gasteiger partial charge in [0.15, 0.2) is 0 Å². The van der Waals surface area contributed by atoms with E-state index in [4.69, 9.17) is 0 Å². The minimum absolute atomic E-state index is 0.0989. The summed E-state index contributed by atoms with van der Waals surface area (Å²) < 4.78 is 15.6. The van der Waals surface area contributed by atoms with E-state index in [0.717, 1.165) is 11.1 Å². The van der Waals surface area contributed by atoms with Crippen molar-refractivity contribution in [2.24, 2.45) is 7.05 Å². The average molecular weight is 481 g/mol. The molecule has 10 heteroatoms. The summed E-state index contributed by atoms with van der Waals surface area (Å²) in [6, 6.07) is 11.7. The van der Waals surface area contributed by atoms with Crippen molar-refractivity contribution in [1.82, 2.24) is 30.0 Å². The largest absolute Gasteiger partial charge is 0.343 e. The van der Waals surface area contributed by atoms with Crippen LogP contribution in [-0.4, -0.2) is 55.2 Å². The Kier molecular flexibility index (Phi) is 7.09. The summed E-state index contributed by atoms with van der Waals surface area (Å²) >= 11 is 0. The fourth-order valence-corrected chi connectivity index (χ4v) is 4.22. The van der Waals surface area contributed by atoms with Crippen LogP contribution < -0.4 is 11.0 Å². The van der Waals surface area contributed by atoms with E-state index in [1.165, 1.54) is 16.5 Å². The molecule has 35 heavy (non-hydrogen) atoms. The normalized spacial score (nSPS) is 18.6. The van der Waals surface area contributed by atoms with Gasteiger partial charge in [-0.1, -0.05) is 50.2 Å². The number of halogens is 1. The van der Waals surface area contributed by atoms with Crippen LogP contribution in [0.15, 0.2) is 53.5 Å². The van der Waals surface area contributed by atoms with Gasteiger partial charge in [0, 0.05) is 19.7 Å². The minimum Gasteiger partial charge on any atom is -0.342 e. The van der Waals surface area contributed by atoms with Crippen molar-refractivity contribution in [2.75, 3.05) is 6.54 Å². The van der Waals surface area contributed by atoms with Gasteiger partial charge in [0.05, 0.1) is 24.7 Å². The van der Waals surface area contributed by atoms with Gasteiger partial charge in [-0.2, -0.15) is 5.10 Å². The first-order valence-corrected chi connectivity index (χ1v) is 11.6. The number of hydrogen-bond acceptors (Lipinski definition) is 5. The van der Waals surface area contributed by atoms with E-state index in [0.29, 0.717) is 11.6 Å². The number of carbonyl (C=O) groups excluding carboxylic acids is 2. The first-order valence-electron chi connectivity index (χ1n) is 11.6. The van der Waals surface area contributed by atoms with Gasteiger partial charge in [-0.15, -0.1) is 0 Å². The summed E-state index contributed by atoms with van der Waals surface area (Å²) in [7, 11) is 1.49. The number of carbonyl (C=O) groups is 2. The quantitative estimate of drug-likeness (QED) is 0.537. The predicted molar refractivity (Wildman–Crippen MR) is 127 cm³/mol. The Morgan fingerprint density at radius 2 is 1.91 bits per heavy atom. The highest BCUT2D eigenvalue weighted by molar-refractivity contribution is 5.89. The fraction of sp³-hybridized carbons (Fsp3) is 0.400. The van der Waals surface area contributed by atoms with Crippen LogP contribution in [0.1, 0.15) is 54.9 Å². The summed E-state index contributed by atoms with van der Waals surface area (Å²) in [5.74, 6) is -0.394. The number of H-pyrrole nitrogens is 1. The topological polar surface area (TPSA) is 113 Å². The van der Waals surface area contributed by atoms with Crippen LogP contribution in [0.25, 0.3) is 0 Å². The lowest BCUT2D eigenvalue weighted by Crippen LogP contribution is -2.47. The average Bonchev–Trinajstić information content (AvgIpc) is 3.40. The Labute approximate surface area is 202 Å². The van der Waals surface area contributed by atoms with Gasteiger partial charge in [-0.3, -0.25) is 19.1 Å². The maximum atomic E-state index is 14.4. The van der Waals surface area contributed by atoms with E-state index in [2.05, 4.69) is 34.3 Å². The first-order chi connectivity index (χ1) is 16.7. The Morgan fingerprint density at radius 3 is 2.51 bits per heavy atom. The van der Waals surface area contributed by atoms with Crippen LogP contribution in [-0.2, 0) is 23.1 Å². The SMILES string of the molecule is CC(C)c1ccc(C(NC(=O)C2CC(F)CN2C(=O)Cc2n[nH]c(=O)n2C)c2ccccc2)nc1. The lowest BCUT2D eigenvalue weighted by molar-refractivity contribution is -0.138. The number of aromatic amines is 1. The molecular formula is C25H29FN6O3. The highest BCUT2D eigenvalue weighted by Gasteiger charge is 2.40. The number of amides is 2. The number of aromatic nitrogens is 4. The number of likely N-dealkylation sites (tertiary alicyclic amines) is 1. The van der Waals surface area contributed by atoms with Crippen LogP contribution in [0, 0.1) is 0 Å². The Morgan fingerprint density at radius 1 is 1.17 bits per heavy atom. The van der Waals surface area contributed by atoms with Gasteiger partial charge in [-0.05, 0) is 23.1 Å². The molecule has 2 aromatic heterocycles. The molecule has 184 valence electrons. The standard InChI is InChI=1S/C25H29FN6O3/c1-15(2)17-9-10-19(27-13-17)23(16-7-5-4-6-8-16)28-24(34)20-11-18(26)14-32(20)22(33)12-21-29-30-25(35)31(21)3/h4-10,13,15,18,20,23H,11-12,14H2,1-3H3,(H,28,34)(H,30,35). The zero-order chi connectivity index (χ0) is 25.1. The molecule has 3 heterocycles. The van der Waals surface area contributed by atoms with E-state index < -0.39 is 35.8 Å². The molecule has 3 aromatic rings. The maximum absolute atomic E-state index is 14.4. The van der Waals surface area contributed by atoms with Crippen LogP contribution in [0.2, 0.25) is 0 Å². The lowest BCUT2D eigenvalue weighted by atomic mass is 10.00. The smallest absolute Gasteiger partial charge is 0.342 e. The molecular weight excluding hydrogens is 451 g/mol. The van der Waals surface area contributed by atoms with Crippen molar-refractivity contribution >= 4 is 11.8 Å². The maximum Gasteiger partial charge on any atom is 0.343 e. The summed E-state index contributed by atoms with van der Waals surface area (Å²) in [5, 5.41) is 9.10. The minimum atomic E-state index is -1.32. The summed E-state index contributed by atoms with van der Waals surface area (Å²) in [6.45, 7) is 3.97. The molecule has 1 aromatic carbocycles. The van der Waals surface area contributed by atoms with Gasteiger partial charge in [-0.25, -0.2) is 14.3 Å². The molecule has 1 fully saturated rings. The molecule has 0 bridgehead atoms. The third-order valence-corrected chi connectivity index (χ3v) is 6.35. The van der Waals surface area contributed by atoms with Crippen LogP contribution in [0.3, 0.4) is 0 Å². The monoisotopic (exact) mass is 480 g/mol. The molecule has 3 unspecified atom stereocenters. The van der Waals surface area contributed by atoms with Gasteiger partial charge in [0.2, 0.25) is 11.8 Å². The van der Waals surface area contributed by atoms with Gasteiger partial charge in [0.25, 0.3) is 0 Å². The molecule has 9 nitrogen and oxygen atoms in total.